The van der Waals surface area contributed by atoms with Gasteiger partial charge in [0.2, 0.25) is 5.91 Å². The Bertz CT molecular complexity index is 984. The number of alkyl halides is 2. The maximum atomic E-state index is 12.2. The first-order valence-corrected chi connectivity index (χ1v) is 7.44. The summed E-state index contributed by atoms with van der Waals surface area (Å²) in [4.78, 5) is 24.0. The van der Waals surface area contributed by atoms with E-state index in [1.807, 2.05) is 0 Å². The highest BCUT2D eigenvalue weighted by Gasteiger charge is 2.14. The van der Waals surface area contributed by atoms with Crippen molar-refractivity contribution in [2.75, 3.05) is 5.32 Å². The van der Waals surface area contributed by atoms with Crippen LogP contribution in [0.5, 0.6) is 5.75 Å². The number of halogens is 3. The molecule has 130 valence electrons. The van der Waals surface area contributed by atoms with E-state index in [-0.39, 0.29) is 23.0 Å². The first kappa shape index (κ1) is 17.0. The van der Waals surface area contributed by atoms with E-state index >= 15 is 0 Å². The summed E-state index contributed by atoms with van der Waals surface area (Å²) >= 11 is 5.82. The second-order valence-corrected chi connectivity index (χ2v) is 5.40. The highest BCUT2D eigenvalue weighted by atomic mass is 35.5. The third kappa shape index (κ3) is 3.80. The van der Waals surface area contributed by atoms with E-state index < -0.39 is 18.3 Å². The van der Waals surface area contributed by atoms with Gasteiger partial charge in [0.1, 0.15) is 12.3 Å². The number of amides is 1. The van der Waals surface area contributed by atoms with Crippen molar-refractivity contribution in [3.63, 3.8) is 0 Å². The number of anilines is 1. The number of benzene rings is 2. The van der Waals surface area contributed by atoms with Crippen LogP contribution in [0.1, 0.15) is 0 Å². The molecule has 0 radical (unpaired) electrons. The predicted molar refractivity (Wildman–Crippen MR) is 87.2 cm³/mol. The molecule has 9 heteroatoms. The van der Waals surface area contributed by atoms with Crippen molar-refractivity contribution in [2.24, 2.45) is 0 Å². The number of nitrogens with one attached hydrogen (secondary N) is 1. The molecule has 0 spiro atoms. The molecule has 0 saturated carbocycles. The number of hydrogen-bond donors (Lipinski definition) is 1. The van der Waals surface area contributed by atoms with Crippen molar-refractivity contribution < 1.29 is 22.7 Å². The number of ether oxygens (including phenoxy) is 1. The van der Waals surface area contributed by atoms with E-state index in [2.05, 4.69) is 10.1 Å². The van der Waals surface area contributed by atoms with Gasteiger partial charge in [-0.05, 0) is 30.3 Å². The SMILES string of the molecule is O=C(Cn1c(=O)oc2ccccc21)Nc1ccc(OC(F)F)c(Cl)c1. The van der Waals surface area contributed by atoms with Crippen molar-refractivity contribution in [1.82, 2.24) is 4.57 Å². The maximum Gasteiger partial charge on any atom is 0.420 e. The molecule has 0 atom stereocenters. The molecule has 0 aliphatic rings. The highest BCUT2D eigenvalue weighted by Crippen LogP contribution is 2.29. The molecule has 0 unspecified atom stereocenters. The number of para-hydroxylation sites is 2. The number of rotatable bonds is 5. The van der Waals surface area contributed by atoms with Crippen LogP contribution in [0.3, 0.4) is 0 Å². The van der Waals surface area contributed by atoms with E-state index in [9.17, 15) is 18.4 Å². The quantitative estimate of drug-likeness (QED) is 0.748. The van der Waals surface area contributed by atoms with Gasteiger partial charge in [-0.25, -0.2) is 4.79 Å². The number of nitrogens with zero attached hydrogens (tertiary/aromatic N) is 1. The van der Waals surface area contributed by atoms with Gasteiger partial charge in [0.05, 0.1) is 10.5 Å². The van der Waals surface area contributed by atoms with Crippen LogP contribution in [0.4, 0.5) is 14.5 Å². The number of hydrogen-bond acceptors (Lipinski definition) is 4. The molecule has 25 heavy (non-hydrogen) atoms. The van der Waals surface area contributed by atoms with Gasteiger partial charge in [-0.1, -0.05) is 23.7 Å². The van der Waals surface area contributed by atoms with Crippen LogP contribution in [-0.4, -0.2) is 17.1 Å². The van der Waals surface area contributed by atoms with Crippen molar-refractivity contribution >= 4 is 34.3 Å². The Morgan fingerprint density at radius 2 is 2.04 bits per heavy atom. The Labute approximate surface area is 144 Å². The van der Waals surface area contributed by atoms with Crippen molar-refractivity contribution in [3.05, 3.63) is 58.0 Å². The first-order chi connectivity index (χ1) is 11.9. The lowest BCUT2D eigenvalue weighted by Gasteiger charge is -2.09. The van der Waals surface area contributed by atoms with Crippen molar-refractivity contribution in [2.45, 2.75) is 13.2 Å². The molecule has 2 aromatic carbocycles. The van der Waals surface area contributed by atoms with E-state index in [4.69, 9.17) is 16.0 Å². The summed E-state index contributed by atoms with van der Waals surface area (Å²) in [5, 5.41) is 2.45. The molecule has 0 aliphatic heterocycles. The van der Waals surface area contributed by atoms with E-state index in [1.165, 1.54) is 22.8 Å². The van der Waals surface area contributed by atoms with Gasteiger partial charge in [-0.3, -0.25) is 9.36 Å². The summed E-state index contributed by atoms with van der Waals surface area (Å²) in [5.74, 6) is -1.37. The van der Waals surface area contributed by atoms with Crippen LogP contribution < -0.4 is 15.8 Å². The predicted octanol–water partition coefficient (Wildman–Crippen LogP) is 3.49. The fourth-order valence-corrected chi connectivity index (χ4v) is 2.50. The molecule has 3 aromatic rings. The smallest absolute Gasteiger partial charge is 0.420 e. The minimum atomic E-state index is -3.00. The van der Waals surface area contributed by atoms with Crippen LogP contribution in [0.2, 0.25) is 5.02 Å². The third-order valence-corrected chi connectivity index (χ3v) is 3.60. The summed E-state index contributed by atoms with van der Waals surface area (Å²) in [6.45, 7) is -3.28. The fraction of sp³-hybridized carbons (Fsp3) is 0.125. The van der Waals surface area contributed by atoms with Gasteiger partial charge in [0, 0.05) is 5.69 Å². The monoisotopic (exact) mass is 368 g/mol. The summed E-state index contributed by atoms with van der Waals surface area (Å²) < 4.78 is 34.8. The zero-order valence-corrected chi connectivity index (χ0v) is 13.3. The number of carbonyl (C=O) groups is 1. The normalized spacial score (nSPS) is 11.0. The zero-order valence-electron chi connectivity index (χ0n) is 12.5. The summed E-state index contributed by atoms with van der Waals surface area (Å²) in [6, 6.07) is 10.5. The second-order valence-electron chi connectivity index (χ2n) is 4.99. The second kappa shape index (κ2) is 6.94. The Morgan fingerprint density at radius 1 is 1.28 bits per heavy atom. The average Bonchev–Trinajstić information content (AvgIpc) is 2.86. The molecule has 1 aromatic heterocycles. The largest absolute Gasteiger partial charge is 0.433 e. The summed E-state index contributed by atoms with van der Waals surface area (Å²) in [7, 11) is 0. The fourth-order valence-electron chi connectivity index (χ4n) is 2.28. The molecule has 0 aliphatic carbocycles. The van der Waals surface area contributed by atoms with Crippen LogP contribution in [0.25, 0.3) is 11.1 Å². The van der Waals surface area contributed by atoms with Crippen LogP contribution in [-0.2, 0) is 11.3 Å². The topological polar surface area (TPSA) is 73.5 Å². The van der Waals surface area contributed by atoms with Gasteiger partial charge < -0.3 is 14.5 Å². The summed E-state index contributed by atoms with van der Waals surface area (Å²) in [6.07, 6.45) is 0. The standard InChI is InChI=1S/C16H11ClF2N2O4/c17-10-7-9(5-6-12(10)24-15(18)19)20-14(22)8-21-11-3-1-2-4-13(11)25-16(21)23/h1-7,15H,8H2,(H,20,22). The minimum Gasteiger partial charge on any atom is -0.433 e. The van der Waals surface area contributed by atoms with Gasteiger partial charge in [0.25, 0.3) is 0 Å². The van der Waals surface area contributed by atoms with Crippen LogP contribution in [0.15, 0.2) is 51.7 Å². The van der Waals surface area contributed by atoms with Crippen LogP contribution >= 0.6 is 11.6 Å². The number of oxazole rings is 1. The van der Waals surface area contributed by atoms with Gasteiger partial charge in [0.15, 0.2) is 5.58 Å². The van der Waals surface area contributed by atoms with Gasteiger partial charge >= 0.3 is 12.4 Å². The molecule has 0 fully saturated rings. The number of fused-ring (bicyclic) bond motifs is 1. The first-order valence-electron chi connectivity index (χ1n) is 7.06. The molecular formula is C16H11ClF2N2O4. The molecule has 1 heterocycles. The molecule has 3 rings (SSSR count). The van der Waals surface area contributed by atoms with E-state index in [0.717, 1.165) is 0 Å². The Morgan fingerprint density at radius 3 is 2.76 bits per heavy atom. The molecule has 0 saturated heterocycles. The molecule has 6 nitrogen and oxygen atoms in total. The lowest BCUT2D eigenvalue weighted by Crippen LogP contribution is -2.24. The lowest BCUT2D eigenvalue weighted by molar-refractivity contribution is -0.116. The van der Waals surface area contributed by atoms with E-state index in [1.54, 1.807) is 24.3 Å². The Balaban J connectivity index is 1.75. The minimum absolute atomic E-state index is 0.0796. The molecule has 1 N–H and O–H groups in total. The third-order valence-electron chi connectivity index (χ3n) is 3.31. The Kier molecular flexibility index (Phi) is 4.71. The lowest BCUT2D eigenvalue weighted by atomic mass is 10.3. The van der Waals surface area contributed by atoms with Gasteiger partial charge in [-0.2, -0.15) is 8.78 Å². The van der Waals surface area contributed by atoms with Crippen molar-refractivity contribution in [1.29, 1.82) is 0 Å². The van der Waals surface area contributed by atoms with Crippen LogP contribution in [0, 0.1) is 0 Å². The molecular weight excluding hydrogens is 358 g/mol. The average molecular weight is 369 g/mol. The zero-order chi connectivity index (χ0) is 18.0. The highest BCUT2D eigenvalue weighted by molar-refractivity contribution is 6.32. The molecule has 1 amide bonds. The molecule has 0 bridgehead atoms. The summed E-state index contributed by atoms with van der Waals surface area (Å²) in [5.41, 5.74) is 1.13. The Hall–Kier alpha value is -2.87. The maximum absolute atomic E-state index is 12.2. The van der Waals surface area contributed by atoms with Gasteiger partial charge in [-0.15, -0.1) is 0 Å². The number of carbonyl (C=O) groups excluding carboxylic acids is 1. The van der Waals surface area contributed by atoms with Crippen molar-refractivity contribution in [3.8, 4) is 5.75 Å². The van der Waals surface area contributed by atoms with E-state index in [0.29, 0.717) is 11.1 Å². The number of aromatic nitrogens is 1.